The summed E-state index contributed by atoms with van der Waals surface area (Å²) in [5.74, 6) is 0.659. The summed E-state index contributed by atoms with van der Waals surface area (Å²) in [7, 11) is 0. The highest BCUT2D eigenvalue weighted by Gasteiger charge is 2.05. The Morgan fingerprint density at radius 1 is 1.30 bits per heavy atom. The highest BCUT2D eigenvalue weighted by atomic mass is 32.1. The Labute approximate surface area is 120 Å². The second-order valence-corrected chi connectivity index (χ2v) is 5.43. The third-order valence-electron chi connectivity index (χ3n) is 3.21. The molecular weight excluding hydrogens is 270 g/mol. The van der Waals surface area contributed by atoms with Crippen LogP contribution in [0.2, 0.25) is 0 Å². The Hall–Kier alpha value is -2.14. The zero-order valence-corrected chi connectivity index (χ0v) is 12.0. The number of aryl methyl sites for hydroxylation is 1. The van der Waals surface area contributed by atoms with Gasteiger partial charge in [-0.05, 0) is 29.5 Å². The SMILES string of the molecule is CCc1ccccc1NCc1nc2ccsc2c(=O)[nH]1. The van der Waals surface area contributed by atoms with Gasteiger partial charge in [-0.15, -0.1) is 11.3 Å². The molecule has 2 N–H and O–H groups in total. The first-order valence-corrected chi connectivity index (χ1v) is 7.44. The molecule has 0 atom stereocenters. The van der Waals surface area contributed by atoms with Gasteiger partial charge >= 0.3 is 0 Å². The number of H-pyrrole nitrogens is 1. The summed E-state index contributed by atoms with van der Waals surface area (Å²) in [4.78, 5) is 19.2. The van der Waals surface area contributed by atoms with Crippen molar-refractivity contribution in [3.63, 3.8) is 0 Å². The van der Waals surface area contributed by atoms with Gasteiger partial charge in [0.1, 0.15) is 10.5 Å². The number of rotatable bonds is 4. The van der Waals surface area contributed by atoms with Crippen molar-refractivity contribution in [3.05, 3.63) is 57.5 Å². The highest BCUT2D eigenvalue weighted by Crippen LogP contribution is 2.17. The van der Waals surface area contributed by atoms with Crippen molar-refractivity contribution >= 4 is 27.2 Å². The first-order valence-electron chi connectivity index (χ1n) is 6.56. The van der Waals surface area contributed by atoms with Crippen LogP contribution < -0.4 is 10.9 Å². The van der Waals surface area contributed by atoms with Crippen LogP contribution in [0.4, 0.5) is 5.69 Å². The summed E-state index contributed by atoms with van der Waals surface area (Å²) in [5, 5.41) is 5.22. The van der Waals surface area contributed by atoms with Crippen molar-refractivity contribution < 1.29 is 0 Å². The Kier molecular flexibility index (Phi) is 3.52. The number of fused-ring (bicyclic) bond motifs is 1. The van der Waals surface area contributed by atoms with Crippen molar-refractivity contribution in [1.29, 1.82) is 0 Å². The molecule has 102 valence electrons. The minimum absolute atomic E-state index is 0.0643. The van der Waals surface area contributed by atoms with Crippen molar-refractivity contribution in [2.24, 2.45) is 0 Å². The lowest BCUT2D eigenvalue weighted by Gasteiger charge is -2.10. The number of nitrogens with zero attached hydrogens (tertiary/aromatic N) is 1. The molecule has 3 rings (SSSR count). The Morgan fingerprint density at radius 3 is 3.00 bits per heavy atom. The lowest BCUT2D eigenvalue weighted by atomic mass is 10.1. The maximum Gasteiger partial charge on any atom is 0.268 e. The first-order chi connectivity index (χ1) is 9.78. The molecule has 5 heteroatoms. The number of aromatic nitrogens is 2. The third kappa shape index (κ3) is 2.44. The van der Waals surface area contributed by atoms with E-state index in [2.05, 4.69) is 28.3 Å². The largest absolute Gasteiger partial charge is 0.378 e. The van der Waals surface area contributed by atoms with Gasteiger partial charge in [0.15, 0.2) is 0 Å². The maximum absolute atomic E-state index is 11.9. The van der Waals surface area contributed by atoms with Crippen LogP contribution in [-0.4, -0.2) is 9.97 Å². The number of para-hydroxylation sites is 1. The number of hydrogen-bond donors (Lipinski definition) is 2. The Morgan fingerprint density at radius 2 is 2.15 bits per heavy atom. The van der Waals surface area contributed by atoms with Crippen LogP contribution in [0.3, 0.4) is 0 Å². The molecule has 20 heavy (non-hydrogen) atoms. The van der Waals surface area contributed by atoms with Gasteiger partial charge in [0.2, 0.25) is 0 Å². The van der Waals surface area contributed by atoms with Gasteiger partial charge in [-0.1, -0.05) is 25.1 Å². The van der Waals surface area contributed by atoms with E-state index in [0.717, 1.165) is 17.6 Å². The van der Waals surface area contributed by atoms with E-state index in [9.17, 15) is 4.79 Å². The molecule has 0 radical (unpaired) electrons. The van der Waals surface area contributed by atoms with Crippen molar-refractivity contribution in [2.75, 3.05) is 5.32 Å². The van der Waals surface area contributed by atoms with Gasteiger partial charge in [-0.2, -0.15) is 0 Å². The molecule has 0 unspecified atom stereocenters. The fourth-order valence-electron chi connectivity index (χ4n) is 2.19. The van der Waals surface area contributed by atoms with E-state index in [-0.39, 0.29) is 5.56 Å². The zero-order valence-electron chi connectivity index (χ0n) is 11.1. The molecular formula is C15H15N3OS. The smallest absolute Gasteiger partial charge is 0.268 e. The Bertz CT molecular complexity index is 791. The van der Waals surface area contributed by atoms with Crippen LogP contribution >= 0.6 is 11.3 Å². The summed E-state index contributed by atoms with van der Waals surface area (Å²) in [6.07, 6.45) is 0.969. The van der Waals surface area contributed by atoms with Gasteiger partial charge in [0.05, 0.1) is 12.1 Å². The van der Waals surface area contributed by atoms with Crippen LogP contribution in [0, 0.1) is 0 Å². The number of thiophene rings is 1. The van der Waals surface area contributed by atoms with E-state index < -0.39 is 0 Å². The minimum Gasteiger partial charge on any atom is -0.378 e. The van der Waals surface area contributed by atoms with Crippen molar-refractivity contribution in [2.45, 2.75) is 19.9 Å². The van der Waals surface area contributed by atoms with Crippen LogP contribution in [0.15, 0.2) is 40.5 Å². The van der Waals surface area contributed by atoms with E-state index in [4.69, 9.17) is 0 Å². The fraction of sp³-hybridized carbons (Fsp3) is 0.200. The van der Waals surface area contributed by atoms with Crippen LogP contribution in [-0.2, 0) is 13.0 Å². The summed E-state index contributed by atoms with van der Waals surface area (Å²) in [6, 6.07) is 10.0. The first kappa shape index (κ1) is 12.9. The van der Waals surface area contributed by atoms with Gasteiger partial charge in [0.25, 0.3) is 5.56 Å². The molecule has 3 aromatic rings. The molecule has 4 nitrogen and oxygen atoms in total. The third-order valence-corrected chi connectivity index (χ3v) is 4.11. The van der Waals surface area contributed by atoms with Gasteiger partial charge in [-0.3, -0.25) is 4.79 Å². The quantitative estimate of drug-likeness (QED) is 0.774. The van der Waals surface area contributed by atoms with E-state index >= 15 is 0 Å². The van der Waals surface area contributed by atoms with Gasteiger partial charge in [-0.25, -0.2) is 4.98 Å². The molecule has 2 heterocycles. The van der Waals surface area contributed by atoms with Crippen LogP contribution in [0.25, 0.3) is 10.2 Å². The Balaban J connectivity index is 1.85. The number of benzene rings is 1. The van der Waals surface area contributed by atoms with E-state index in [1.54, 1.807) is 0 Å². The van der Waals surface area contributed by atoms with Crippen molar-refractivity contribution in [3.8, 4) is 0 Å². The van der Waals surface area contributed by atoms with Crippen LogP contribution in [0.1, 0.15) is 18.3 Å². The average molecular weight is 285 g/mol. The molecule has 0 aliphatic carbocycles. The number of aromatic amines is 1. The topological polar surface area (TPSA) is 57.8 Å². The van der Waals surface area contributed by atoms with E-state index in [1.807, 2.05) is 29.6 Å². The monoisotopic (exact) mass is 285 g/mol. The summed E-state index contributed by atoms with van der Waals surface area (Å²) in [5.41, 5.74) is 3.04. The molecule has 0 aliphatic heterocycles. The zero-order chi connectivity index (χ0) is 13.9. The summed E-state index contributed by atoms with van der Waals surface area (Å²) in [6.45, 7) is 2.64. The fourth-order valence-corrected chi connectivity index (χ4v) is 2.91. The lowest BCUT2D eigenvalue weighted by Crippen LogP contribution is -2.13. The van der Waals surface area contributed by atoms with E-state index in [1.165, 1.54) is 16.9 Å². The number of hydrogen-bond acceptors (Lipinski definition) is 4. The second-order valence-electron chi connectivity index (χ2n) is 4.51. The molecule has 0 aliphatic rings. The second kappa shape index (κ2) is 5.46. The van der Waals surface area contributed by atoms with Crippen molar-refractivity contribution in [1.82, 2.24) is 9.97 Å². The number of nitrogens with one attached hydrogen (secondary N) is 2. The summed E-state index contributed by atoms with van der Waals surface area (Å²) >= 11 is 1.42. The number of anilines is 1. The molecule has 0 saturated heterocycles. The normalized spacial score (nSPS) is 10.8. The molecule has 0 amide bonds. The molecule has 2 aromatic heterocycles. The highest BCUT2D eigenvalue weighted by molar-refractivity contribution is 7.17. The molecule has 0 fully saturated rings. The van der Waals surface area contributed by atoms with Gasteiger partial charge in [0, 0.05) is 5.69 Å². The minimum atomic E-state index is -0.0643. The average Bonchev–Trinajstić information content (AvgIpc) is 2.94. The molecule has 0 saturated carbocycles. The predicted octanol–water partition coefficient (Wildman–Crippen LogP) is 3.16. The molecule has 0 bridgehead atoms. The molecule has 0 spiro atoms. The maximum atomic E-state index is 11.9. The van der Waals surface area contributed by atoms with E-state index in [0.29, 0.717) is 17.1 Å². The standard InChI is InChI=1S/C15H15N3OS/c1-2-10-5-3-4-6-11(10)16-9-13-17-12-7-8-20-14(12)15(19)18-13/h3-8,16H,2,9H2,1H3,(H,17,18,19). The molecule has 1 aromatic carbocycles. The van der Waals surface area contributed by atoms with Gasteiger partial charge < -0.3 is 10.3 Å². The summed E-state index contributed by atoms with van der Waals surface area (Å²) < 4.78 is 0.683. The predicted molar refractivity (Wildman–Crippen MR) is 83.4 cm³/mol. The van der Waals surface area contributed by atoms with Crippen LogP contribution in [0.5, 0.6) is 0 Å². The lowest BCUT2D eigenvalue weighted by molar-refractivity contribution is 0.951.